The van der Waals surface area contributed by atoms with Crippen LogP contribution in [-0.4, -0.2) is 34.4 Å². The van der Waals surface area contributed by atoms with Gasteiger partial charge < -0.3 is 10.4 Å². The molecular weight excluding hydrogens is 218 g/mol. The summed E-state index contributed by atoms with van der Waals surface area (Å²) in [7, 11) is 0. The van der Waals surface area contributed by atoms with Crippen molar-refractivity contribution in [2.24, 2.45) is 5.41 Å². The molecule has 0 aromatic heterocycles. The number of carboxylic acid groups (broad SMARTS) is 1. The summed E-state index contributed by atoms with van der Waals surface area (Å²) in [5, 5.41) is 10.9. The number of carbonyl (C=O) groups is 3. The monoisotopic (exact) mass is 233 g/mol. The Hall–Kier alpha value is -1.04. The Labute approximate surface area is 92.6 Å². The molecule has 0 aliphatic carbocycles. The molecule has 0 bridgehead atoms. The first-order valence-electron chi connectivity index (χ1n) is 4.43. The number of amides is 1. The SMILES string of the molecule is CC(=O)NCCSC(=O)C(C)(C)C(=O)O. The van der Waals surface area contributed by atoms with Gasteiger partial charge in [0, 0.05) is 19.2 Å². The fourth-order valence-electron chi connectivity index (χ4n) is 0.639. The number of thioether (sulfide) groups is 1. The molecule has 0 aromatic rings. The Kier molecular flexibility index (Phi) is 5.35. The summed E-state index contributed by atoms with van der Waals surface area (Å²) in [6.45, 7) is 4.47. The maximum absolute atomic E-state index is 11.4. The third-order valence-electron chi connectivity index (χ3n) is 1.75. The number of aliphatic carboxylic acids is 1. The predicted molar refractivity (Wildman–Crippen MR) is 57.6 cm³/mol. The Morgan fingerprint density at radius 1 is 1.33 bits per heavy atom. The van der Waals surface area contributed by atoms with E-state index in [0.29, 0.717) is 12.3 Å². The summed E-state index contributed by atoms with van der Waals surface area (Å²) in [5.74, 6) is -0.921. The van der Waals surface area contributed by atoms with E-state index in [0.717, 1.165) is 11.8 Å². The van der Waals surface area contributed by atoms with Crippen LogP contribution >= 0.6 is 11.8 Å². The normalized spacial score (nSPS) is 10.9. The van der Waals surface area contributed by atoms with E-state index < -0.39 is 16.5 Å². The van der Waals surface area contributed by atoms with Crippen LogP contribution in [0.1, 0.15) is 20.8 Å². The standard InChI is InChI=1S/C9H15NO4S/c1-6(11)10-4-5-15-8(14)9(2,3)7(12)13/h4-5H2,1-3H3,(H,10,11)(H,12,13). The first kappa shape index (κ1) is 14.0. The van der Waals surface area contributed by atoms with Crippen molar-refractivity contribution >= 4 is 28.8 Å². The van der Waals surface area contributed by atoms with Crippen LogP contribution in [0.4, 0.5) is 0 Å². The van der Waals surface area contributed by atoms with Gasteiger partial charge in [0.05, 0.1) is 0 Å². The molecule has 6 heteroatoms. The maximum atomic E-state index is 11.4. The van der Waals surface area contributed by atoms with E-state index >= 15 is 0 Å². The van der Waals surface area contributed by atoms with E-state index in [9.17, 15) is 14.4 Å². The lowest BCUT2D eigenvalue weighted by Gasteiger charge is -2.16. The minimum Gasteiger partial charge on any atom is -0.480 e. The number of carboxylic acids is 1. The summed E-state index contributed by atoms with van der Waals surface area (Å²) in [6.07, 6.45) is 0. The molecule has 0 fully saturated rings. The van der Waals surface area contributed by atoms with Crippen LogP contribution in [0.15, 0.2) is 0 Å². The second-order valence-corrected chi connectivity index (χ2v) is 4.62. The number of carbonyl (C=O) groups excluding carboxylic acids is 2. The van der Waals surface area contributed by atoms with Crippen LogP contribution in [-0.2, 0) is 14.4 Å². The first-order valence-corrected chi connectivity index (χ1v) is 5.42. The summed E-state index contributed by atoms with van der Waals surface area (Å²) in [6, 6.07) is 0. The lowest BCUT2D eigenvalue weighted by molar-refractivity contribution is -0.149. The quantitative estimate of drug-likeness (QED) is 0.533. The Morgan fingerprint density at radius 2 is 1.87 bits per heavy atom. The van der Waals surface area contributed by atoms with Gasteiger partial charge >= 0.3 is 5.97 Å². The van der Waals surface area contributed by atoms with Crippen molar-refractivity contribution in [3.8, 4) is 0 Å². The van der Waals surface area contributed by atoms with E-state index in [-0.39, 0.29) is 5.91 Å². The average Bonchev–Trinajstić information content (AvgIpc) is 2.11. The zero-order valence-electron chi connectivity index (χ0n) is 8.99. The summed E-state index contributed by atoms with van der Waals surface area (Å²) in [5.41, 5.74) is -1.37. The van der Waals surface area contributed by atoms with Crippen molar-refractivity contribution in [2.75, 3.05) is 12.3 Å². The molecule has 0 aliphatic heterocycles. The molecule has 0 rings (SSSR count). The van der Waals surface area contributed by atoms with Crippen molar-refractivity contribution < 1.29 is 19.5 Å². The molecule has 5 nitrogen and oxygen atoms in total. The molecular formula is C9H15NO4S. The minimum atomic E-state index is -1.37. The molecule has 86 valence electrons. The van der Waals surface area contributed by atoms with Gasteiger partial charge in [-0.05, 0) is 13.8 Å². The van der Waals surface area contributed by atoms with Crippen LogP contribution < -0.4 is 5.32 Å². The average molecular weight is 233 g/mol. The van der Waals surface area contributed by atoms with Crippen molar-refractivity contribution in [1.29, 1.82) is 0 Å². The third kappa shape index (κ3) is 4.83. The van der Waals surface area contributed by atoms with Gasteiger partial charge in [0.25, 0.3) is 0 Å². The van der Waals surface area contributed by atoms with Crippen molar-refractivity contribution in [3.05, 3.63) is 0 Å². The second-order valence-electron chi connectivity index (χ2n) is 3.55. The lowest BCUT2D eigenvalue weighted by Crippen LogP contribution is -2.32. The van der Waals surface area contributed by atoms with Crippen molar-refractivity contribution in [1.82, 2.24) is 5.32 Å². The highest BCUT2D eigenvalue weighted by Gasteiger charge is 2.35. The molecule has 0 saturated heterocycles. The highest BCUT2D eigenvalue weighted by molar-refractivity contribution is 8.13. The van der Waals surface area contributed by atoms with E-state index in [1.807, 2.05) is 0 Å². The van der Waals surface area contributed by atoms with Gasteiger partial charge in [-0.15, -0.1) is 0 Å². The number of rotatable bonds is 5. The van der Waals surface area contributed by atoms with Crippen LogP contribution in [0.25, 0.3) is 0 Å². The van der Waals surface area contributed by atoms with Gasteiger partial charge in [-0.1, -0.05) is 11.8 Å². The zero-order chi connectivity index (χ0) is 12.1. The summed E-state index contributed by atoms with van der Waals surface area (Å²) in [4.78, 5) is 32.6. The van der Waals surface area contributed by atoms with E-state index in [4.69, 9.17) is 5.11 Å². The van der Waals surface area contributed by atoms with Gasteiger partial charge in [-0.3, -0.25) is 14.4 Å². The number of nitrogens with one attached hydrogen (secondary N) is 1. The van der Waals surface area contributed by atoms with E-state index in [1.165, 1.54) is 20.8 Å². The molecule has 2 N–H and O–H groups in total. The van der Waals surface area contributed by atoms with Crippen LogP contribution in [0.3, 0.4) is 0 Å². The summed E-state index contributed by atoms with van der Waals surface area (Å²) >= 11 is 0.919. The fraction of sp³-hybridized carbons (Fsp3) is 0.667. The largest absolute Gasteiger partial charge is 0.480 e. The van der Waals surface area contributed by atoms with Gasteiger partial charge in [0.1, 0.15) is 5.41 Å². The van der Waals surface area contributed by atoms with Gasteiger partial charge in [0.2, 0.25) is 11.0 Å². The van der Waals surface area contributed by atoms with Crippen LogP contribution in [0.5, 0.6) is 0 Å². The summed E-state index contributed by atoms with van der Waals surface area (Å²) < 4.78 is 0. The molecule has 0 unspecified atom stereocenters. The van der Waals surface area contributed by atoms with Crippen molar-refractivity contribution in [3.63, 3.8) is 0 Å². The molecule has 1 amide bonds. The highest BCUT2D eigenvalue weighted by Crippen LogP contribution is 2.23. The topological polar surface area (TPSA) is 83.5 Å². The Balaban J connectivity index is 3.94. The minimum absolute atomic E-state index is 0.166. The smallest absolute Gasteiger partial charge is 0.317 e. The maximum Gasteiger partial charge on any atom is 0.317 e. The Bertz CT molecular complexity index is 275. The van der Waals surface area contributed by atoms with Gasteiger partial charge in [0.15, 0.2) is 0 Å². The van der Waals surface area contributed by atoms with Crippen molar-refractivity contribution in [2.45, 2.75) is 20.8 Å². The zero-order valence-corrected chi connectivity index (χ0v) is 9.81. The highest BCUT2D eigenvalue weighted by atomic mass is 32.2. The molecule has 0 atom stereocenters. The number of hydrogen-bond donors (Lipinski definition) is 2. The second kappa shape index (κ2) is 5.75. The molecule has 0 radical (unpaired) electrons. The lowest BCUT2D eigenvalue weighted by atomic mass is 9.96. The van der Waals surface area contributed by atoms with E-state index in [2.05, 4.69) is 5.32 Å². The van der Waals surface area contributed by atoms with E-state index in [1.54, 1.807) is 0 Å². The predicted octanol–water partition coefficient (Wildman–Crippen LogP) is 0.493. The Morgan fingerprint density at radius 3 is 2.27 bits per heavy atom. The van der Waals surface area contributed by atoms with Crippen LogP contribution in [0.2, 0.25) is 0 Å². The molecule has 15 heavy (non-hydrogen) atoms. The van der Waals surface area contributed by atoms with Crippen LogP contribution in [0, 0.1) is 5.41 Å². The number of hydrogen-bond acceptors (Lipinski definition) is 4. The third-order valence-corrected chi connectivity index (χ3v) is 2.93. The molecule has 0 aliphatic rings. The molecule has 0 saturated carbocycles. The van der Waals surface area contributed by atoms with Gasteiger partial charge in [-0.25, -0.2) is 0 Å². The fourth-order valence-corrected chi connectivity index (χ4v) is 1.48. The molecule has 0 aromatic carbocycles. The van der Waals surface area contributed by atoms with Gasteiger partial charge in [-0.2, -0.15) is 0 Å². The molecule has 0 spiro atoms. The molecule has 0 heterocycles. The first-order chi connectivity index (χ1) is 6.78.